The van der Waals surface area contributed by atoms with E-state index in [9.17, 15) is 22.8 Å². The van der Waals surface area contributed by atoms with Crippen molar-refractivity contribution in [3.8, 4) is 0 Å². The summed E-state index contributed by atoms with van der Waals surface area (Å²) in [5.41, 5.74) is -1.75. The number of hydrogen-bond donors (Lipinski definition) is 2. The van der Waals surface area contributed by atoms with Crippen LogP contribution in [-0.4, -0.2) is 28.8 Å². The van der Waals surface area contributed by atoms with Gasteiger partial charge in [-0.25, -0.2) is 4.79 Å². The minimum Gasteiger partial charge on any atom is -0.481 e. The number of carbonyl (C=O) groups excluding carboxylic acids is 1. The van der Waals surface area contributed by atoms with Gasteiger partial charge in [-0.05, 0) is 38.8 Å². The van der Waals surface area contributed by atoms with E-state index in [1.165, 1.54) is 18.2 Å². The Morgan fingerprint density at radius 2 is 1.79 bits per heavy atom. The number of carboxylic acid groups (broad SMARTS) is 1. The maximum absolute atomic E-state index is 13.0. The smallest absolute Gasteiger partial charge is 0.416 e. The van der Waals surface area contributed by atoms with E-state index in [1.807, 2.05) is 0 Å². The van der Waals surface area contributed by atoms with Gasteiger partial charge in [-0.2, -0.15) is 13.2 Å². The van der Waals surface area contributed by atoms with E-state index in [4.69, 9.17) is 9.84 Å². The number of nitrogens with one attached hydrogen (secondary N) is 1. The number of alkyl carbamates (subject to hydrolysis) is 1. The molecular formula is C16H20F3NO4. The van der Waals surface area contributed by atoms with Gasteiger partial charge in [0.15, 0.2) is 0 Å². The molecular weight excluding hydrogens is 327 g/mol. The monoisotopic (exact) mass is 347 g/mol. The summed E-state index contributed by atoms with van der Waals surface area (Å²) < 4.78 is 44.1. The Labute approximate surface area is 137 Å². The quantitative estimate of drug-likeness (QED) is 0.853. The Hall–Kier alpha value is -2.25. The van der Waals surface area contributed by atoms with E-state index >= 15 is 0 Å². The first kappa shape index (κ1) is 19.8. The lowest BCUT2D eigenvalue weighted by Gasteiger charge is -2.23. The second-order valence-corrected chi connectivity index (χ2v) is 6.30. The first-order valence-corrected chi connectivity index (χ1v) is 7.25. The summed E-state index contributed by atoms with van der Waals surface area (Å²) in [5.74, 6) is -1.24. The summed E-state index contributed by atoms with van der Waals surface area (Å²) in [5, 5.41) is 11.2. The van der Waals surface area contributed by atoms with Crippen LogP contribution in [0.2, 0.25) is 0 Å². The number of benzene rings is 1. The Kier molecular flexibility index (Phi) is 6.22. The third kappa shape index (κ3) is 6.89. The maximum Gasteiger partial charge on any atom is 0.416 e. The molecule has 8 heteroatoms. The lowest BCUT2D eigenvalue weighted by molar-refractivity contribution is -0.138. The van der Waals surface area contributed by atoms with Gasteiger partial charge in [-0.15, -0.1) is 0 Å². The second-order valence-electron chi connectivity index (χ2n) is 6.30. The zero-order valence-corrected chi connectivity index (χ0v) is 13.6. The molecule has 0 unspecified atom stereocenters. The van der Waals surface area contributed by atoms with Crippen LogP contribution in [0.15, 0.2) is 24.3 Å². The highest BCUT2D eigenvalue weighted by molar-refractivity contribution is 5.71. The molecule has 24 heavy (non-hydrogen) atoms. The number of amides is 1. The van der Waals surface area contributed by atoms with Crippen LogP contribution in [0.25, 0.3) is 0 Å². The highest BCUT2D eigenvalue weighted by atomic mass is 19.4. The average Bonchev–Trinajstić information content (AvgIpc) is 2.34. The van der Waals surface area contributed by atoms with Crippen LogP contribution in [0.4, 0.5) is 18.0 Å². The Morgan fingerprint density at radius 1 is 1.21 bits per heavy atom. The molecule has 0 bridgehead atoms. The molecule has 0 aliphatic carbocycles. The molecule has 5 nitrogen and oxygen atoms in total. The largest absolute Gasteiger partial charge is 0.481 e. The van der Waals surface area contributed by atoms with Crippen LogP contribution in [0.3, 0.4) is 0 Å². The topological polar surface area (TPSA) is 75.6 Å². The Balaban J connectivity index is 2.95. The summed E-state index contributed by atoms with van der Waals surface area (Å²) in [4.78, 5) is 22.7. The third-order valence-electron chi connectivity index (χ3n) is 2.93. The van der Waals surface area contributed by atoms with Crippen molar-refractivity contribution in [1.82, 2.24) is 5.32 Å². The van der Waals surface area contributed by atoms with E-state index < -0.39 is 41.9 Å². The van der Waals surface area contributed by atoms with Gasteiger partial charge in [-0.3, -0.25) is 4.79 Å². The van der Waals surface area contributed by atoms with E-state index in [2.05, 4.69) is 5.32 Å². The highest BCUT2D eigenvalue weighted by Crippen LogP contribution is 2.32. The lowest BCUT2D eigenvalue weighted by Crippen LogP contribution is -2.41. The first-order valence-electron chi connectivity index (χ1n) is 7.25. The van der Waals surface area contributed by atoms with Crippen molar-refractivity contribution >= 4 is 12.1 Å². The Morgan fingerprint density at radius 3 is 2.29 bits per heavy atom. The minimum atomic E-state index is -4.56. The van der Waals surface area contributed by atoms with Gasteiger partial charge in [0.25, 0.3) is 0 Å². The summed E-state index contributed by atoms with van der Waals surface area (Å²) in [6.07, 6.45) is -6.23. The van der Waals surface area contributed by atoms with Gasteiger partial charge in [0.05, 0.1) is 12.0 Å². The molecule has 1 aromatic carbocycles. The molecule has 1 rings (SSSR count). The van der Waals surface area contributed by atoms with Gasteiger partial charge < -0.3 is 15.2 Å². The van der Waals surface area contributed by atoms with Crippen LogP contribution in [0, 0.1) is 0 Å². The van der Waals surface area contributed by atoms with Crippen LogP contribution in [0.1, 0.15) is 38.3 Å². The number of hydrogen-bond acceptors (Lipinski definition) is 3. The van der Waals surface area contributed by atoms with Crippen LogP contribution in [0.5, 0.6) is 0 Å². The number of ether oxygens (including phenoxy) is 1. The predicted octanol–water partition coefficient (Wildman–Crippen LogP) is 3.62. The summed E-state index contributed by atoms with van der Waals surface area (Å²) in [6.45, 7) is 4.87. The normalized spacial score (nSPS) is 13.2. The fraction of sp³-hybridized carbons (Fsp3) is 0.500. The molecule has 0 aliphatic rings. The van der Waals surface area contributed by atoms with Crippen molar-refractivity contribution in [2.45, 2.75) is 51.4 Å². The molecule has 0 aliphatic heterocycles. The van der Waals surface area contributed by atoms with Gasteiger partial charge in [0.1, 0.15) is 5.60 Å². The number of halogens is 3. The Bertz CT molecular complexity index is 594. The number of aliphatic carboxylic acids is 1. The molecule has 0 saturated heterocycles. The molecule has 0 radical (unpaired) electrons. The van der Waals surface area contributed by atoms with Crippen LogP contribution < -0.4 is 5.32 Å². The molecule has 2 N–H and O–H groups in total. The van der Waals surface area contributed by atoms with E-state index in [1.54, 1.807) is 20.8 Å². The molecule has 0 fully saturated rings. The van der Waals surface area contributed by atoms with Crippen LogP contribution >= 0.6 is 0 Å². The zero-order valence-electron chi connectivity index (χ0n) is 13.6. The van der Waals surface area contributed by atoms with Crippen molar-refractivity contribution in [2.24, 2.45) is 0 Å². The highest BCUT2D eigenvalue weighted by Gasteiger charge is 2.34. The van der Waals surface area contributed by atoms with Crippen molar-refractivity contribution in [2.75, 3.05) is 0 Å². The van der Waals surface area contributed by atoms with Gasteiger partial charge in [0, 0.05) is 6.04 Å². The number of rotatable bonds is 5. The minimum absolute atomic E-state index is 0.0905. The fourth-order valence-electron chi connectivity index (χ4n) is 2.10. The van der Waals surface area contributed by atoms with Gasteiger partial charge in [0.2, 0.25) is 0 Å². The molecule has 0 saturated carbocycles. The molecule has 0 aromatic heterocycles. The molecule has 1 atom stereocenters. The van der Waals surface area contributed by atoms with E-state index in [0.29, 0.717) is 0 Å². The summed E-state index contributed by atoms with van der Waals surface area (Å²) in [6, 6.07) is 3.82. The first-order chi connectivity index (χ1) is 10.9. The fourth-order valence-corrected chi connectivity index (χ4v) is 2.10. The van der Waals surface area contributed by atoms with Crippen LogP contribution in [-0.2, 0) is 22.1 Å². The SMILES string of the molecule is CC(C)(C)OC(=O)N[C@@H](CC(=O)O)Cc1ccccc1C(F)(F)F. The van der Waals surface area contributed by atoms with Crippen molar-refractivity contribution in [3.05, 3.63) is 35.4 Å². The molecule has 1 amide bonds. The summed E-state index contributed by atoms with van der Waals surface area (Å²) in [7, 11) is 0. The van der Waals surface area contributed by atoms with Crippen molar-refractivity contribution in [1.29, 1.82) is 0 Å². The predicted molar refractivity (Wildman–Crippen MR) is 80.6 cm³/mol. The van der Waals surface area contributed by atoms with E-state index in [-0.39, 0.29) is 12.0 Å². The lowest BCUT2D eigenvalue weighted by atomic mass is 9.98. The zero-order chi connectivity index (χ0) is 18.5. The number of carbonyl (C=O) groups is 2. The van der Waals surface area contributed by atoms with Gasteiger partial charge >= 0.3 is 18.2 Å². The van der Waals surface area contributed by atoms with Gasteiger partial charge in [-0.1, -0.05) is 18.2 Å². The molecule has 1 aromatic rings. The maximum atomic E-state index is 13.0. The van der Waals surface area contributed by atoms with Crippen molar-refractivity contribution in [3.63, 3.8) is 0 Å². The van der Waals surface area contributed by atoms with Crippen molar-refractivity contribution < 1.29 is 32.6 Å². The molecule has 134 valence electrons. The average molecular weight is 347 g/mol. The standard InChI is InChI=1S/C16H20F3NO4/c1-15(2,3)24-14(23)20-11(9-13(21)22)8-10-6-4-5-7-12(10)16(17,18)19/h4-7,11H,8-9H2,1-3H3,(H,20,23)(H,21,22)/t11-/m1/s1. The summed E-state index contributed by atoms with van der Waals surface area (Å²) >= 11 is 0. The molecule has 0 heterocycles. The number of alkyl halides is 3. The van der Waals surface area contributed by atoms with E-state index in [0.717, 1.165) is 6.07 Å². The third-order valence-corrected chi connectivity index (χ3v) is 2.93. The number of carboxylic acids is 1. The second kappa shape index (κ2) is 7.55. The molecule has 0 spiro atoms.